The van der Waals surface area contributed by atoms with Crippen molar-refractivity contribution in [3.8, 4) is 0 Å². The first-order valence-electron chi connectivity index (χ1n) is 9.59. The third-order valence-corrected chi connectivity index (χ3v) is 7.18. The van der Waals surface area contributed by atoms with E-state index < -0.39 is 20.6 Å². The Morgan fingerprint density at radius 2 is 1.67 bits per heavy atom. The van der Waals surface area contributed by atoms with Crippen LogP contribution in [0.1, 0.15) is 17.3 Å². The van der Waals surface area contributed by atoms with E-state index in [0.29, 0.717) is 5.56 Å². The first-order valence-corrected chi connectivity index (χ1v) is 11.0. The van der Waals surface area contributed by atoms with Gasteiger partial charge in [0, 0.05) is 57.1 Å². The second-order valence-corrected chi connectivity index (χ2v) is 8.89. The van der Waals surface area contributed by atoms with Crippen LogP contribution in [0.25, 0.3) is 0 Å². The normalized spacial score (nSPS) is 15.1. The Hall–Kier alpha value is -2.98. The van der Waals surface area contributed by atoms with Crippen LogP contribution in [0, 0.1) is 10.1 Å². The maximum atomic E-state index is 12.9. The topological polar surface area (TPSA) is 104 Å². The molecule has 9 nitrogen and oxygen atoms in total. The Morgan fingerprint density at radius 3 is 2.23 bits per heavy atom. The Kier molecular flexibility index (Phi) is 6.37. The molecule has 1 amide bonds. The van der Waals surface area contributed by atoms with Crippen molar-refractivity contribution in [3.05, 3.63) is 64.2 Å². The maximum absolute atomic E-state index is 12.9. The molecule has 3 rings (SSSR count). The number of piperazine rings is 1. The van der Waals surface area contributed by atoms with Gasteiger partial charge in [-0.25, -0.2) is 8.42 Å². The SMILES string of the molecule is CCN(C)c1ccc(C(=O)N2CCN(S(=O)(=O)c3ccccc3[N+](=O)[O-])CC2)cc1. The molecule has 0 unspecified atom stereocenters. The first-order chi connectivity index (χ1) is 14.3. The summed E-state index contributed by atoms with van der Waals surface area (Å²) in [5.74, 6) is -0.163. The predicted molar refractivity (Wildman–Crippen MR) is 113 cm³/mol. The lowest BCUT2D eigenvalue weighted by atomic mass is 10.1. The zero-order chi connectivity index (χ0) is 21.9. The molecule has 0 bridgehead atoms. The van der Waals surface area contributed by atoms with Gasteiger partial charge in [-0.2, -0.15) is 4.31 Å². The largest absolute Gasteiger partial charge is 0.375 e. The van der Waals surface area contributed by atoms with Gasteiger partial charge in [0.05, 0.1) is 4.92 Å². The van der Waals surface area contributed by atoms with Gasteiger partial charge < -0.3 is 9.80 Å². The van der Waals surface area contributed by atoms with E-state index in [4.69, 9.17) is 0 Å². The zero-order valence-corrected chi connectivity index (χ0v) is 17.7. The molecule has 10 heteroatoms. The van der Waals surface area contributed by atoms with Crippen LogP contribution in [0.2, 0.25) is 0 Å². The third kappa shape index (κ3) is 4.29. The molecule has 0 aliphatic carbocycles. The fourth-order valence-electron chi connectivity index (χ4n) is 3.32. The molecule has 1 aliphatic rings. The van der Waals surface area contributed by atoms with Crippen molar-refractivity contribution in [2.45, 2.75) is 11.8 Å². The van der Waals surface area contributed by atoms with E-state index in [1.54, 1.807) is 17.0 Å². The van der Waals surface area contributed by atoms with Crippen molar-refractivity contribution in [2.24, 2.45) is 0 Å². The number of carbonyl (C=O) groups excluding carboxylic acids is 1. The van der Waals surface area contributed by atoms with Crippen molar-refractivity contribution in [1.29, 1.82) is 0 Å². The molecule has 2 aromatic rings. The Morgan fingerprint density at radius 1 is 1.07 bits per heavy atom. The Balaban J connectivity index is 1.70. The highest BCUT2D eigenvalue weighted by Crippen LogP contribution is 2.27. The quantitative estimate of drug-likeness (QED) is 0.512. The minimum Gasteiger partial charge on any atom is -0.375 e. The number of nitro groups is 1. The number of sulfonamides is 1. The van der Waals surface area contributed by atoms with Gasteiger partial charge in [0.2, 0.25) is 10.0 Å². The minimum absolute atomic E-state index is 0.0801. The van der Waals surface area contributed by atoms with Gasteiger partial charge in [0.15, 0.2) is 4.90 Å². The average molecular weight is 433 g/mol. The summed E-state index contributed by atoms with van der Waals surface area (Å²) in [5.41, 5.74) is 1.10. The van der Waals surface area contributed by atoms with E-state index in [0.717, 1.165) is 12.2 Å². The summed E-state index contributed by atoms with van der Waals surface area (Å²) in [6.45, 7) is 3.48. The summed E-state index contributed by atoms with van der Waals surface area (Å²) in [4.78, 5) is 26.6. The molecule has 0 spiro atoms. The molecule has 0 N–H and O–H groups in total. The van der Waals surface area contributed by atoms with Crippen LogP contribution in [0.4, 0.5) is 11.4 Å². The van der Waals surface area contributed by atoms with Gasteiger partial charge in [-0.15, -0.1) is 0 Å². The van der Waals surface area contributed by atoms with Crippen LogP contribution in [0.3, 0.4) is 0 Å². The number of nitro benzene ring substituents is 1. The van der Waals surface area contributed by atoms with Crippen molar-refractivity contribution < 1.29 is 18.1 Å². The average Bonchev–Trinajstić information content (AvgIpc) is 2.78. The van der Waals surface area contributed by atoms with Gasteiger partial charge in [0.25, 0.3) is 11.6 Å². The predicted octanol–water partition coefficient (Wildman–Crippen LogP) is 2.20. The minimum atomic E-state index is -4.02. The number of hydrogen-bond acceptors (Lipinski definition) is 6. The fourth-order valence-corrected chi connectivity index (χ4v) is 4.90. The number of nitrogens with zero attached hydrogens (tertiary/aromatic N) is 4. The molecule has 160 valence electrons. The molecule has 1 heterocycles. The van der Waals surface area contributed by atoms with Crippen molar-refractivity contribution >= 4 is 27.3 Å². The van der Waals surface area contributed by atoms with Crippen molar-refractivity contribution in [3.63, 3.8) is 0 Å². The number of hydrogen-bond donors (Lipinski definition) is 0. The monoisotopic (exact) mass is 432 g/mol. The molecule has 0 saturated carbocycles. The number of amides is 1. The number of rotatable bonds is 6. The summed E-state index contributed by atoms with van der Waals surface area (Å²) < 4.78 is 27.0. The summed E-state index contributed by atoms with van der Waals surface area (Å²) in [5, 5.41) is 11.2. The molecular weight excluding hydrogens is 408 g/mol. The first kappa shape index (κ1) is 21.7. The van der Waals surface area contributed by atoms with Crippen LogP contribution >= 0.6 is 0 Å². The summed E-state index contributed by atoms with van der Waals surface area (Å²) in [6.07, 6.45) is 0. The standard InChI is InChI=1S/C20H24N4O5S/c1-3-21(2)17-10-8-16(9-11-17)20(25)22-12-14-23(15-13-22)30(28,29)19-7-5-4-6-18(19)24(26)27/h4-11H,3,12-15H2,1-2H3. The van der Waals surface area contributed by atoms with E-state index in [9.17, 15) is 23.3 Å². The third-order valence-electron chi connectivity index (χ3n) is 5.23. The Bertz CT molecular complexity index is 1030. The summed E-state index contributed by atoms with van der Waals surface area (Å²) in [6, 6.07) is 12.6. The van der Waals surface area contributed by atoms with Crippen LogP contribution in [-0.2, 0) is 10.0 Å². The van der Waals surface area contributed by atoms with Gasteiger partial charge >= 0.3 is 0 Å². The van der Waals surface area contributed by atoms with Gasteiger partial charge in [0.1, 0.15) is 0 Å². The molecule has 2 aromatic carbocycles. The van der Waals surface area contributed by atoms with Gasteiger partial charge in [-0.3, -0.25) is 14.9 Å². The highest BCUT2D eigenvalue weighted by atomic mass is 32.2. The summed E-state index contributed by atoms with van der Waals surface area (Å²) >= 11 is 0. The molecule has 0 aromatic heterocycles. The molecule has 1 aliphatic heterocycles. The van der Waals surface area contributed by atoms with E-state index in [1.807, 2.05) is 26.1 Å². The van der Waals surface area contributed by atoms with E-state index in [1.165, 1.54) is 28.6 Å². The zero-order valence-electron chi connectivity index (χ0n) is 16.9. The van der Waals surface area contributed by atoms with Crippen LogP contribution in [-0.4, -0.2) is 68.2 Å². The lowest BCUT2D eigenvalue weighted by molar-refractivity contribution is -0.387. The van der Waals surface area contributed by atoms with Crippen LogP contribution in [0.5, 0.6) is 0 Å². The van der Waals surface area contributed by atoms with E-state index in [2.05, 4.69) is 4.90 Å². The van der Waals surface area contributed by atoms with Gasteiger partial charge in [-0.1, -0.05) is 12.1 Å². The van der Waals surface area contributed by atoms with Crippen molar-refractivity contribution in [2.75, 3.05) is 44.7 Å². The molecular formula is C20H24N4O5S. The van der Waals surface area contributed by atoms with Gasteiger partial charge in [-0.05, 0) is 37.3 Å². The maximum Gasteiger partial charge on any atom is 0.289 e. The number of para-hydroxylation sites is 1. The Labute approximate surface area is 175 Å². The van der Waals surface area contributed by atoms with Crippen LogP contribution in [0.15, 0.2) is 53.4 Å². The molecule has 0 atom stereocenters. The number of benzene rings is 2. The van der Waals surface area contributed by atoms with E-state index >= 15 is 0 Å². The molecule has 1 fully saturated rings. The molecule has 30 heavy (non-hydrogen) atoms. The van der Waals surface area contributed by atoms with Crippen molar-refractivity contribution in [1.82, 2.24) is 9.21 Å². The highest BCUT2D eigenvalue weighted by Gasteiger charge is 2.34. The molecule has 0 radical (unpaired) electrons. The summed E-state index contributed by atoms with van der Waals surface area (Å²) in [7, 11) is -2.06. The van der Waals surface area contributed by atoms with E-state index in [-0.39, 0.29) is 37.0 Å². The lowest BCUT2D eigenvalue weighted by Gasteiger charge is -2.34. The van der Waals surface area contributed by atoms with Crippen LogP contribution < -0.4 is 4.90 Å². The fraction of sp³-hybridized carbons (Fsp3) is 0.350. The second kappa shape index (κ2) is 8.80. The second-order valence-electron chi connectivity index (χ2n) is 6.98. The smallest absolute Gasteiger partial charge is 0.289 e. The molecule has 1 saturated heterocycles. The number of carbonyl (C=O) groups is 1. The number of anilines is 1. The highest BCUT2D eigenvalue weighted by molar-refractivity contribution is 7.89. The lowest BCUT2D eigenvalue weighted by Crippen LogP contribution is -2.50.